The van der Waals surface area contributed by atoms with Crippen molar-refractivity contribution in [3.63, 3.8) is 0 Å². The summed E-state index contributed by atoms with van der Waals surface area (Å²) in [5, 5.41) is 0. The fourth-order valence-corrected chi connectivity index (χ4v) is 3.30. The van der Waals surface area contributed by atoms with Crippen molar-refractivity contribution in [2.45, 2.75) is 31.6 Å². The third kappa shape index (κ3) is 3.82. The first kappa shape index (κ1) is 15.8. The van der Waals surface area contributed by atoms with E-state index in [1.54, 1.807) is 7.11 Å². The number of ether oxygens (including phenoxy) is 2. The second kappa shape index (κ2) is 7.47. The molecule has 2 aliphatic rings. The number of carbonyl (C=O) groups is 1. The Morgan fingerprint density at radius 1 is 1.26 bits per heavy atom. The third-order valence-corrected chi connectivity index (χ3v) is 4.59. The second-order valence-electron chi connectivity index (χ2n) is 6.07. The summed E-state index contributed by atoms with van der Waals surface area (Å²) in [4.78, 5) is 14.4. The van der Waals surface area contributed by atoms with Crippen LogP contribution in [0.25, 0.3) is 0 Å². The van der Waals surface area contributed by atoms with Gasteiger partial charge in [-0.15, -0.1) is 0 Å². The van der Waals surface area contributed by atoms with Crippen molar-refractivity contribution in [2.75, 3.05) is 13.7 Å². The van der Waals surface area contributed by atoms with Gasteiger partial charge >= 0.3 is 6.09 Å². The molecule has 1 aromatic carbocycles. The van der Waals surface area contributed by atoms with Gasteiger partial charge in [0, 0.05) is 19.1 Å². The van der Waals surface area contributed by atoms with Gasteiger partial charge in [-0.25, -0.2) is 4.79 Å². The number of carbonyl (C=O) groups excluding carboxylic acids is 1. The smallest absolute Gasteiger partial charge is 0.410 e. The van der Waals surface area contributed by atoms with Crippen molar-refractivity contribution in [1.29, 1.82) is 0 Å². The minimum absolute atomic E-state index is 0.0866. The summed E-state index contributed by atoms with van der Waals surface area (Å²) >= 11 is 0. The van der Waals surface area contributed by atoms with Crippen molar-refractivity contribution in [3.05, 3.63) is 60.2 Å². The molecule has 1 fully saturated rings. The highest BCUT2D eigenvalue weighted by Gasteiger charge is 2.39. The molecular formula is C19H23NO3. The van der Waals surface area contributed by atoms with E-state index in [2.05, 4.69) is 24.3 Å². The average molecular weight is 313 g/mol. The number of amides is 1. The van der Waals surface area contributed by atoms with Crippen molar-refractivity contribution in [2.24, 2.45) is 5.92 Å². The Morgan fingerprint density at radius 3 is 2.78 bits per heavy atom. The molecule has 4 nitrogen and oxygen atoms in total. The van der Waals surface area contributed by atoms with Crippen molar-refractivity contribution in [3.8, 4) is 0 Å². The quantitative estimate of drug-likeness (QED) is 0.853. The summed E-state index contributed by atoms with van der Waals surface area (Å²) in [5.74, 6) is 0.337. The zero-order valence-corrected chi connectivity index (χ0v) is 13.4. The standard InChI is InChI=1S/C19H23NO3/c1-22-17-12-18(16-10-6-3-7-11-16)20(13-17)19(21)23-14-15-8-4-2-5-9-15/h2-10,16-18H,11-14H2,1H3/t16?,17-,18+/m1/s1. The largest absolute Gasteiger partial charge is 0.445 e. The first-order valence-corrected chi connectivity index (χ1v) is 8.11. The minimum Gasteiger partial charge on any atom is -0.445 e. The van der Waals surface area contributed by atoms with Crippen molar-refractivity contribution in [1.82, 2.24) is 4.90 Å². The lowest BCUT2D eigenvalue weighted by Crippen LogP contribution is -2.40. The molecule has 0 saturated carbocycles. The highest BCUT2D eigenvalue weighted by Crippen LogP contribution is 2.31. The Balaban J connectivity index is 1.64. The van der Waals surface area contributed by atoms with Gasteiger partial charge in [-0.1, -0.05) is 54.6 Å². The highest BCUT2D eigenvalue weighted by molar-refractivity contribution is 5.68. The molecule has 122 valence electrons. The Morgan fingerprint density at radius 2 is 2.09 bits per heavy atom. The first-order chi connectivity index (χ1) is 11.3. The van der Waals surface area contributed by atoms with E-state index < -0.39 is 0 Å². The molecule has 3 rings (SSSR count). The van der Waals surface area contributed by atoms with Crippen LogP contribution in [-0.2, 0) is 16.1 Å². The van der Waals surface area contributed by atoms with Gasteiger partial charge in [0.1, 0.15) is 6.61 Å². The Hall–Kier alpha value is -2.07. The van der Waals surface area contributed by atoms with Crippen LogP contribution in [0.5, 0.6) is 0 Å². The molecule has 1 aliphatic heterocycles. The van der Waals surface area contributed by atoms with Crippen LogP contribution in [0.3, 0.4) is 0 Å². The van der Waals surface area contributed by atoms with Crippen LogP contribution in [0.2, 0.25) is 0 Å². The maximum Gasteiger partial charge on any atom is 0.410 e. The molecule has 3 atom stereocenters. The normalized spacial score (nSPS) is 26.5. The summed E-state index contributed by atoms with van der Waals surface area (Å²) in [6.45, 7) is 0.907. The van der Waals surface area contributed by atoms with Crippen LogP contribution in [0, 0.1) is 5.92 Å². The van der Waals surface area contributed by atoms with Gasteiger partial charge in [0.2, 0.25) is 0 Å². The molecule has 0 bridgehead atoms. The van der Waals surface area contributed by atoms with E-state index in [1.165, 1.54) is 0 Å². The van der Waals surface area contributed by atoms with Gasteiger partial charge in [-0.05, 0) is 18.4 Å². The molecule has 4 heteroatoms. The number of methoxy groups -OCH3 is 1. The van der Waals surface area contributed by atoms with Gasteiger partial charge in [-0.3, -0.25) is 0 Å². The number of likely N-dealkylation sites (tertiary alicyclic amines) is 1. The monoisotopic (exact) mass is 313 g/mol. The maximum atomic E-state index is 12.5. The van der Waals surface area contributed by atoms with Gasteiger partial charge in [-0.2, -0.15) is 0 Å². The lowest BCUT2D eigenvalue weighted by Gasteiger charge is -2.29. The van der Waals surface area contributed by atoms with Crippen LogP contribution < -0.4 is 0 Å². The Labute approximate surface area is 137 Å². The molecule has 1 unspecified atom stereocenters. The summed E-state index contributed by atoms with van der Waals surface area (Å²) < 4.78 is 11.0. The number of nitrogens with zero attached hydrogens (tertiary/aromatic N) is 1. The minimum atomic E-state index is -0.249. The van der Waals surface area contributed by atoms with E-state index in [-0.39, 0.29) is 18.2 Å². The van der Waals surface area contributed by atoms with Gasteiger partial charge in [0.25, 0.3) is 0 Å². The molecule has 1 amide bonds. The third-order valence-electron chi connectivity index (χ3n) is 4.59. The molecule has 1 aromatic rings. The van der Waals surface area contributed by atoms with Gasteiger partial charge < -0.3 is 14.4 Å². The zero-order chi connectivity index (χ0) is 16.1. The molecule has 1 saturated heterocycles. The van der Waals surface area contributed by atoms with Crippen molar-refractivity contribution >= 4 is 6.09 Å². The number of rotatable bonds is 4. The van der Waals surface area contributed by atoms with Gasteiger partial charge in [0.05, 0.1) is 12.6 Å². The molecule has 1 heterocycles. The molecule has 1 aliphatic carbocycles. The maximum absolute atomic E-state index is 12.5. The summed E-state index contributed by atoms with van der Waals surface area (Å²) in [6, 6.07) is 9.91. The van der Waals surface area contributed by atoms with Crippen LogP contribution in [0.15, 0.2) is 54.6 Å². The van der Waals surface area contributed by atoms with E-state index in [1.807, 2.05) is 35.2 Å². The van der Waals surface area contributed by atoms with E-state index in [9.17, 15) is 4.79 Å². The second-order valence-corrected chi connectivity index (χ2v) is 6.07. The molecule has 0 N–H and O–H groups in total. The summed E-state index contributed by atoms with van der Waals surface area (Å²) in [6.07, 6.45) is 10.1. The summed E-state index contributed by atoms with van der Waals surface area (Å²) in [7, 11) is 1.71. The fraction of sp³-hybridized carbons (Fsp3) is 0.421. The molecule has 0 radical (unpaired) electrons. The summed E-state index contributed by atoms with van der Waals surface area (Å²) in [5.41, 5.74) is 1.00. The van der Waals surface area contributed by atoms with Crippen LogP contribution in [-0.4, -0.2) is 36.8 Å². The zero-order valence-electron chi connectivity index (χ0n) is 13.4. The van der Waals surface area contributed by atoms with E-state index >= 15 is 0 Å². The van der Waals surface area contributed by atoms with Crippen LogP contribution in [0.1, 0.15) is 18.4 Å². The molecule has 0 spiro atoms. The number of allylic oxidation sites excluding steroid dienone is 3. The molecule has 0 aromatic heterocycles. The van der Waals surface area contributed by atoms with Crippen molar-refractivity contribution < 1.29 is 14.3 Å². The van der Waals surface area contributed by atoms with Gasteiger partial charge in [0.15, 0.2) is 0 Å². The predicted molar refractivity (Wildman–Crippen MR) is 88.9 cm³/mol. The highest BCUT2D eigenvalue weighted by atomic mass is 16.6. The first-order valence-electron chi connectivity index (χ1n) is 8.11. The SMILES string of the molecule is CO[C@@H]1C[C@@H](C2C=CC=CC2)N(C(=O)OCc2ccccc2)C1. The van der Waals surface area contributed by atoms with E-state index in [0.29, 0.717) is 19.1 Å². The number of benzene rings is 1. The Kier molecular flexibility index (Phi) is 5.13. The van der Waals surface area contributed by atoms with Crippen LogP contribution in [0.4, 0.5) is 4.79 Å². The molecule has 23 heavy (non-hydrogen) atoms. The Bertz CT molecular complexity index is 582. The van der Waals surface area contributed by atoms with E-state index in [0.717, 1.165) is 18.4 Å². The topological polar surface area (TPSA) is 38.8 Å². The predicted octanol–water partition coefficient (Wildman–Crippen LogP) is 3.54. The van der Waals surface area contributed by atoms with Crippen LogP contribution >= 0.6 is 0 Å². The average Bonchev–Trinajstić information content (AvgIpc) is 3.06. The lowest BCUT2D eigenvalue weighted by atomic mass is 9.91. The molecular weight excluding hydrogens is 290 g/mol. The lowest BCUT2D eigenvalue weighted by molar-refractivity contribution is 0.0769. The number of hydrogen-bond donors (Lipinski definition) is 0. The van der Waals surface area contributed by atoms with E-state index in [4.69, 9.17) is 9.47 Å². The number of hydrogen-bond acceptors (Lipinski definition) is 3. The fourth-order valence-electron chi connectivity index (χ4n) is 3.30.